The first-order chi connectivity index (χ1) is 14.4. The van der Waals surface area contributed by atoms with E-state index in [2.05, 4.69) is 20.5 Å². The third-order valence-electron chi connectivity index (χ3n) is 4.97. The lowest BCUT2D eigenvalue weighted by molar-refractivity contribution is -0.138. The normalized spacial score (nSPS) is 15.8. The number of anilines is 1. The zero-order chi connectivity index (χ0) is 21.1. The molecule has 8 nitrogen and oxygen atoms in total. The van der Waals surface area contributed by atoms with Gasteiger partial charge in [0.1, 0.15) is 12.1 Å². The van der Waals surface area contributed by atoms with Crippen molar-refractivity contribution in [2.45, 2.75) is 12.2 Å². The van der Waals surface area contributed by atoms with Crippen LogP contribution in [0.5, 0.6) is 0 Å². The monoisotopic (exact) mass is 417 g/mol. The minimum Gasteiger partial charge on any atom is -0.353 e. The molecule has 0 saturated carbocycles. The highest BCUT2D eigenvalue weighted by molar-refractivity contribution is 5.83. The number of halogens is 3. The van der Waals surface area contributed by atoms with Crippen molar-refractivity contribution in [2.75, 3.05) is 31.1 Å². The number of alkyl halides is 3. The summed E-state index contributed by atoms with van der Waals surface area (Å²) in [6.07, 6.45) is -2.19. The average Bonchev–Trinajstić information content (AvgIpc) is 3.28. The van der Waals surface area contributed by atoms with Crippen molar-refractivity contribution in [1.82, 2.24) is 30.1 Å². The van der Waals surface area contributed by atoms with Crippen LogP contribution in [-0.4, -0.2) is 62.2 Å². The summed E-state index contributed by atoms with van der Waals surface area (Å²) in [4.78, 5) is 20.7. The molecule has 1 saturated heterocycles. The molecule has 1 fully saturated rings. The van der Waals surface area contributed by atoms with Crippen molar-refractivity contribution in [2.24, 2.45) is 0 Å². The smallest absolute Gasteiger partial charge is 0.353 e. The fourth-order valence-electron chi connectivity index (χ4n) is 3.40. The first-order valence-electron chi connectivity index (χ1n) is 9.28. The minimum absolute atomic E-state index is 0.145. The molecule has 1 aromatic carbocycles. The quantitative estimate of drug-likeness (QED) is 0.646. The lowest BCUT2D eigenvalue weighted by Gasteiger charge is -2.37. The fraction of sp³-hybridized carbons (Fsp3) is 0.316. The van der Waals surface area contributed by atoms with E-state index in [9.17, 15) is 18.0 Å². The Morgan fingerprint density at radius 1 is 1.00 bits per heavy atom. The van der Waals surface area contributed by atoms with Gasteiger partial charge in [-0.2, -0.15) is 13.2 Å². The Labute approximate surface area is 169 Å². The molecule has 0 aliphatic carbocycles. The number of pyridine rings is 1. The minimum atomic E-state index is -4.42. The number of rotatable bonds is 4. The number of piperazine rings is 1. The molecular formula is C19H18F3N7O. The molecule has 0 N–H and O–H groups in total. The van der Waals surface area contributed by atoms with Crippen LogP contribution in [0.25, 0.3) is 0 Å². The maximum atomic E-state index is 13.2. The van der Waals surface area contributed by atoms with Crippen molar-refractivity contribution in [3.05, 3.63) is 66.1 Å². The van der Waals surface area contributed by atoms with Gasteiger partial charge < -0.3 is 9.80 Å². The van der Waals surface area contributed by atoms with E-state index in [-0.39, 0.29) is 5.91 Å². The van der Waals surface area contributed by atoms with Gasteiger partial charge in [-0.15, -0.1) is 5.10 Å². The average molecular weight is 417 g/mol. The topological polar surface area (TPSA) is 80.0 Å². The number of aromatic nitrogens is 5. The number of tetrazole rings is 1. The van der Waals surface area contributed by atoms with Gasteiger partial charge in [-0.05, 0) is 28.1 Å². The molecule has 30 heavy (non-hydrogen) atoms. The van der Waals surface area contributed by atoms with Crippen molar-refractivity contribution >= 4 is 11.7 Å². The maximum Gasteiger partial charge on any atom is 0.417 e. The van der Waals surface area contributed by atoms with Gasteiger partial charge >= 0.3 is 6.18 Å². The van der Waals surface area contributed by atoms with E-state index in [1.54, 1.807) is 4.90 Å². The highest BCUT2D eigenvalue weighted by Crippen LogP contribution is 2.29. The molecule has 2 aromatic heterocycles. The first kappa shape index (κ1) is 19.8. The van der Waals surface area contributed by atoms with Crippen LogP contribution in [0.3, 0.4) is 0 Å². The van der Waals surface area contributed by atoms with Crippen LogP contribution in [0.2, 0.25) is 0 Å². The number of nitrogens with zero attached hydrogens (tertiary/aromatic N) is 7. The van der Waals surface area contributed by atoms with E-state index in [4.69, 9.17) is 0 Å². The molecule has 11 heteroatoms. The van der Waals surface area contributed by atoms with Gasteiger partial charge in [0.05, 0.1) is 5.56 Å². The Morgan fingerprint density at radius 2 is 1.73 bits per heavy atom. The van der Waals surface area contributed by atoms with E-state index in [0.29, 0.717) is 32.0 Å². The van der Waals surface area contributed by atoms with Gasteiger partial charge in [0.25, 0.3) is 5.91 Å². The van der Waals surface area contributed by atoms with Crippen LogP contribution < -0.4 is 4.90 Å². The Bertz CT molecular complexity index is 970. The van der Waals surface area contributed by atoms with Crippen LogP contribution in [-0.2, 0) is 11.0 Å². The molecule has 0 spiro atoms. The third kappa shape index (κ3) is 4.09. The van der Waals surface area contributed by atoms with Crippen LogP contribution in [0, 0.1) is 0 Å². The van der Waals surface area contributed by atoms with E-state index < -0.39 is 17.8 Å². The van der Waals surface area contributed by atoms with Crippen LogP contribution in [0.4, 0.5) is 19.0 Å². The van der Waals surface area contributed by atoms with E-state index in [1.165, 1.54) is 17.1 Å². The summed E-state index contributed by atoms with van der Waals surface area (Å²) < 4.78 is 39.6. The molecule has 0 radical (unpaired) electrons. The number of hydrogen-bond acceptors (Lipinski definition) is 6. The fourth-order valence-corrected chi connectivity index (χ4v) is 3.40. The van der Waals surface area contributed by atoms with Gasteiger partial charge in [0, 0.05) is 32.4 Å². The van der Waals surface area contributed by atoms with Crippen molar-refractivity contribution in [3.63, 3.8) is 0 Å². The van der Waals surface area contributed by atoms with Gasteiger partial charge in [-0.1, -0.05) is 30.3 Å². The SMILES string of the molecule is O=C([C@@H](c1ccccc1)n1cnnn1)N1CCN(c2ccc(C(F)(F)F)cn2)CC1. The summed E-state index contributed by atoms with van der Waals surface area (Å²) in [7, 11) is 0. The third-order valence-corrected chi connectivity index (χ3v) is 4.97. The Morgan fingerprint density at radius 3 is 2.30 bits per heavy atom. The van der Waals surface area contributed by atoms with Crippen LogP contribution in [0.1, 0.15) is 17.2 Å². The van der Waals surface area contributed by atoms with E-state index >= 15 is 0 Å². The molecule has 156 valence electrons. The Balaban J connectivity index is 1.46. The molecule has 0 bridgehead atoms. The highest BCUT2D eigenvalue weighted by Gasteiger charge is 2.32. The van der Waals surface area contributed by atoms with Gasteiger partial charge in [-0.25, -0.2) is 9.67 Å². The van der Waals surface area contributed by atoms with Crippen molar-refractivity contribution in [3.8, 4) is 0 Å². The molecule has 4 rings (SSSR count). The molecule has 3 heterocycles. The van der Waals surface area contributed by atoms with Crippen molar-refractivity contribution in [1.29, 1.82) is 0 Å². The zero-order valence-electron chi connectivity index (χ0n) is 15.8. The largest absolute Gasteiger partial charge is 0.417 e. The lowest BCUT2D eigenvalue weighted by Crippen LogP contribution is -2.51. The number of hydrogen-bond donors (Lipinski definition) is 0. The summed E-state index contributed by atoms with van der Waals surface area (Å²) >= 11 is 0. The van der Waals surface area contributed by atoms with E-state index in [0.717, 1.165) is 17.8 Å². The van der Waals surface area contributed by atoms with Crippen LogP contribution >= 0.6 is 0 Å². The summed E-state index contributed by atoms with van der Waals surface area (Å²) in [6, 6.07) is 10.9. The number of benzene rings is 1. The summed E-state index contributed by atoms with van der Waals surface area (Å²) in [6.45, 7) is 1.74. The second-order valence-electron chi connectivity index (χ2n) is 6.82. The molecule has 3 aromatic rings. The zero-order valence-corrected chi connectivity index (χ0v) is 15.8. The van der Waals surface area contributed by atoms with Gasteiger partial charge in [-0.3, -0.25) is 4.79 Å². The van der Waals surface area contributed by atoms with Gasteiger partial charge in [0.15, 0.2) is 6.04 Å². The first-order valence-corrected chi connectivity index (χ1v) is 9.28. The number of amides is 1. The Hall–Kier alpha value is -3.50. The Kier molecular flexibility index (Phi) is 5.34. The highest BCUT2D eigenvalue weighted by atomic mass is 19.4. The molecule has 1 aliphatic heterocycles. The summed E-state index contributed by atoms with van der Waals surface area (Å²) in [5.41, 5.74) is -0.0196. The predicted octanol–water partition coefficient (Wildman–Crippen LogP) is 2.03. The second kappa shape index (κ2) is 8.09. The molecule has 0 unspecified atom stereocenters. The molecular weight excluding hydrogens is 399 g/mol. The van der Waals surface area contributed by atoms with Crippen molar-refractivity contribution < 1.29 is 18.0 Å². The van der Waals surface area contributed by atoms with E-state index in [1.807, 2.05) is 35.2 Å². The molecule has 1 amide bonds. The number of carbonyl (C=O) groups is 1. The lowest BCUT2D eigenvalue weighted by atomic mass is 10.1. The maximum absolute atomic E-state index is 13.2. The van der Waals surface area contributed by atoms with Crippen LogP contribution in [0.15, 0.2) is 55.0 Å². The predicted molar refractivity (Wildman–Crippen MR) is 100 cm³/mol. The van der Waals surface area contributed by atoms with Gasteiger partial charge in [0.2, 0.25) is 0 Å². The molecule has 1 aliphatic rings. The summed E-state index contributed by atoms with van der Waals surface area (Å²) in [5, 5.41) is 11.2. The standard InChI is InChI=1S/C19H18F3N7O/c20-19(21,22)15-6-7-16(23-12-15)27-8-10-28(11-9-27)18(30)17(29-13-24-25-26-29)14-4-2-1-3-5-14/h1-7,12-13,17H,8-11H2/t17-/m1/s1. The molecule has 1 atom stereocenters. The second-order valence-corrected chi connectivity index (χ2v) is 6.82. The number of carbonyl (C=O) groups excluding carboxylic acids is 1. The summed E-state index contributed by atoms with van der Waals surface area (Å²) in [5.74, 6) is 0.309.